The zero-order chi connectivity index (χ0) is 22.7. The Morgan fingerprint density at radius 2 is 1.84 bits per heavy atom. The molecule has 8 nitrogen and oxygen atoms in total. The molecule has 1 N–H and O–H groups in total. The van der Waals surface area contributed by atoms with Gasteiger partial charge < -0.3 is 19.9 Å². The van der Waals surface area contributed by atoms with Crippen molar-refractivity contribution in [2.24, 2.45) is 0 Å². The molecule has 0 bridgehead atoms. The van der Waals surface area contributed by atoms with E-state index < -0.39 is 0 Å². The number of benzene rings is 1. The first kappa shape index (κ1) is 22.0. The van der Waals surface area contributed by atoms with Crippen LogP contribution in [0, 0.1) is 5.82 Å². The number of nitrogens with zero attached hydrogens (tertiary/aromatic N) is 4. The van der Waals surface area contributed by atoms with Crippen LogP contribution in [-0.2, 0) is 22.6 Å². The van der Waals surface area contributed by atoms with Crippen molar-refractivity contribution in [2.45, 2.75) is 38.6 Å². The maximum atomic E-state index is 13.0. The summed E-state index contributed by atoms with van der Waals surface area (Å²) in [7, 11) is 1.85. The molecule has 1 saturated heterocycles. The number of carbonyl (C=O) groups is 2. The lowest BCUT2D eigenvalue weighted by atomic mass is 9.95. The minimum Gasteiger partial charge on any atom is -0.484 e. The van der Waals surface area contributed by atoms with Crippen LogP contribution in [-0.4, -0.2) is 64.9 Å². The van der Waals surface area contributed by atoms with Gasteiger partial charge in [0.2, 0.25) is 5.91 Å². The van der Waals surface area contributed by atoms with Crippen molar-refractivity contribution < 1.29 is 18.7 Å². The van der Waals surface area contributed by atoms with Crippen molar-refractivity contribution in [3.63, 3.8) is 0 Å². The molecule has 2 amide bonds. The Morgan fingerprint density at radius 3 is 2.50 bits per heavy atom. The van der Waals surface area contributed by atoms with Gasteiger partial charge in [-0.25, -0.2) is 14.4 Å². The quantitative estimate of drug-likeness (QED) is 0.767. The molecule has 1 aromatic carbocycles. The fraction of sp³-hybridized carbons (Fsp3) is 0.478. The number of halogens is 1. The van der Waals surface area contributed by atoms with E-state index in [0.717, 1.165) is 42.2 Å². The summed E-state index contributed by atoms with van der Waals surface area (Å²) in [5, 5.41) is 3.18. The highest BCUT2D eigenvalue weighted by molar-refractivity contribution is 5.78. The van der Waals surface area contributed by atoms with Crippen LogP contribution < -0.4 is 10.1 Å². The number of piperidine rings is 1. The van der Waals surface area contributed by atoms with Gasteiger partial charge in [0.1, 0.15) is 23.2 Å². The second kappa shape index (κ2) is 9.50. The zero-order valence-electron chi connectivity index (χ0n) is 18.4. The van der Waals surface area contributed by atoms with Crippen LogP contribution in [0.15, 0.2) is 24.3 Å². The highest BCUT2D eigenvalue weighted by Crippen LogP contribution is 2.30. The summed E-state index contributed by atoms with van der Waals surface area (Å²) in [4.78, 5) is 37.5. The molecule has 4 rings (SSSR count). The number of hydrogen-bond donors (Lipinski definition) is 1. The summed E-state index contributed by atoms with van der Waals surface area (Å²) in [5.41, 5.74) is 1.99. The van der Waals surface area contributed by atoms with E-state index in [1.165, 1.54) is 24.3 Å². The van der Waals surface area contributed by atoms with Crippen molar-refractivity contribution in [1.82, 2.24) is 19.8 Å². The molecule has 0 aliphatic carbocycles. The third-order valence-corrected chi connectivity index (χ3v) is 6.15. The predicted molar refractivity (Wildman–Crippen MR) is 117 cm³/mol. The number of hydrogen-bond acceptors (Lipinski definition) is 6. The summed E-state index contributed by atoms with van der Waals surface area (Å²) >= 11 is 0. The number of rotatable bonds is 5. The number of anilines is 1. The fourth-order valence-electron chi connectivity index (χ4n) is 4.26. The Kier molecular flexibility index (Phi) is 6.53. The fourth-order valence-corrected chi connectivity index (χ4v) is 4.26. The van der Waals surface area contributed by atoms with Crippen LogP contribution in [0.3, 0.4) is 0 Å². The topological polar surface area (TPSA) is 87.7 Å². The molecule has 2 aromatic rings. The maximum absolute atomic E-state index is 13.0. The molecule has 0 saturated carbocycles. The number of aromatic nitrogens is 2. The van der Waals surface area contributed by atoms with Crippen LogP contribution >= 0.6 is 0 Å². The van der Waals surface area contributed by atoms with Gasteiger partial charge in [0, 0.05) is 45.1 Å². The van der Waals surface area contributed by atoms with Gasteiger partial charge in [-0.1, -0.05) is 0 Å². The highest BCUT2D eigenvalue weighted by atomic mass is 19.1. The number of likely N-dealkylation sites (tertiary alicyclic amines) is 1. The molecule has 9 heteroatoms. The first-order chi connectivity index (χ1) is 15.4. The molecular weight excluding hydrogens is 413 g/mol. The lowest BCUT2D eigenvalue weighted by Crippen LogP contribution is -2.41. The van der Waals surface area contributed by atoms with E-state index in [0.29, 0.717) is 31.9 Å². The number of amides is 2. The van der Waals surface area contributed by atoms with E-state index in [2.05, 4.69) is 5.32 Å². The Hall–Kier alpha value is -3.23. The largest absolute Gasteiger partial charge is 0.484 e. The average molecular weight is 442 g/mol. The van der Waals surface area contributed by atoms with Crippen LogP contribution in [0.4, 0.5) is 10.2 Å². The number of ether oxygens (including phenoxy) is 1. The zero-order valence-corrected chi connectivity index (χ0v) is 18.4. The van der Waals surface area contributed by atoms with Crippen LogP contribution in [0.5, 0.6) is 5.75 Å². The van der Waals surface area contributed by atoms with Crippen LogP contribution in [0.2, 0.25) is 0 Å². The SMILES string of the molecule is CNc1nc(C2CCN(C(=O)COc3ccc(F)cc3)CC2)nc2c1CCN(C(C)=O)C2. The number of nitrogens with one attached hydrogen (secondary N) is 1. The monoisotopic (exact) mass is 441 g/mol. The molecule has 1 fully saturated rings. The molecule has 0 atom stereocenters. The predicted octanol–water partition coefficient (Wildman–Crippen LogP) is 2.35. The van der Waals surface area contributed by atoms with Crippen molar-refractivity contribution in [3.8, 4) is 5.75 Å². The Morgan fingerprint density at radius 1 is 1.12 bits per heavy atom. The first-order valence-electron chi connectivity index (χ1n) is 10.9. The Balaban J connectivity index is 1.37. The summed E-state index contributed by atoms with van der Waals surface area (Å²) in [6.07, 6.45) is 2.27. The smallest absolute Gasteiger partial charge is 0.260 e. The normalized spacial score (nSPS) is 16.5. The average Bonchev–Trinajstić information content (AvgIpc) is 2.82. The van der Waals surface area contributed by atoms with E-state index in [1.54, 1.807) is 16.7 Å². The van der Waals surface area contributed by atoms with Crippen molar-refractivity contribution >= 4 is 17.6 Å². The maximum Gasteiger partial charge on any atom is 0.260 e. The summed E-state index contributed by atoms with van der Waals surface area (Å²) in [6.45, 7) is 3.90. The van der Waals surface area contributed by atoms with Gasteiger partial charge in [0.25, 0.3) is 5.91 Å². The standard InChI is InChI=1S/C23H28FN5O3/c1-15(30)29-12-9-19-20(13-29)26-22(27-23(19)25-2)16-7-10-28(11-8-16)21(31)14-32-18-5-3-17(24)4-6-18/h3-6,16H,7-14H2,1-2H3,(H,25,26,27). The van der Waals surface area contributed by atoms with Gasteiger partial charge in [-0.15, -0.1) is 0 Å². The molecule has 1 aromatic heterocycles. The summed E-state index contributed by atoms with van der Waals surface area (Å²) in [6, 6.07) is 5.63. The lowest BCUT2D eigenvalue weighted by molar-refractivity contribution is -0.134. The van der Waals surface area contributed by atoms with E-state index in [9.17, 15) is 14.0 Å². The third-order valence-electron chi connectivity index (χ3n) is 6.15. The van der Waals surface area contributed by atoms with E-state index in [-0.39, 0.29) is 30.2 Å². The molecule has 32 heavy (non-hydrogen) atoms. The molecular formula is C23H28FN5O3. The molecule has 2 aliphatic heterocycles. The van der Waals surface area contributed by atoms with Crippen LogP contribution in [0.25, 0.3) is 0 Å². The molecule has 2 aliphatic rings. The molecule has 0 radical (unpaired) electrons. The van der Waals surface area contributed by atoms with Gasteiger partial charge >= 0.3 is 0 Å². The highest BCUT2D eigenvalue weighted by Gasteiger charge is 2.29. The third kappa shape index (κ3) is 4.81. The second-order valence-corrected chi connectivity index (χ2v) is 8.19. The molecule has 0 unspecified atom stereocenters. The van der Waals surface area contributed by atoms with E-state index in [4.69, 9.17) is 14.7 Å². The minimum atomic E-state index is -0.342. The van der Waals surface area contributed by atoms with Crippen LogP contribution in [0.1, 0.15) is 42.8 Å². The number of carbonyl (C=O) groups excluding carboxylic acids is 2. The number of fused-ring (bicyclic) bond motifs is 1. The molecule has 170 valence electrons. The van der Waals surface area contributed by atoms with Crippen molar-refractivity contribution in [3.05, 3.63) is 47.2 Å². The summed E-state index contributed by atoms with van der Waals surface area (Å²) < 4.78 is 18.5. The van der Waals surface area contributed by atoms with Gasteiger partial charge in [0.15, 0.2) is 6.61 Å². The van der Waals surface area contributed by atoms with Gasteiger partial charge in [-0.3, -0.25) is 9.59 Å². The van der Waals surface area contributed by atoms with Gasteiger partial charge in [-0.05, 0) is 43.5 Å². The van der Waals surface area contributed by atoms with Gasteiger partial charge in [-0.2, -0.15) is 0 Å². The first-order valence-corrected chi connectivity index (χ1v) is 10.9. The Labute approximate surface area is 186 Å². The lowest BCUT2D eigenvalue weighted by Gasteiger charge is -2.33. The minimum absolute atomic E-state index is 0.0523. The van der Waals surface area contributed by atoms with Crippen molar-refractivity contribution in [2.75, 3.05) is 38.6 Å². The Bertz CT molecular complexity index is 990. The second-order valence-electron chi connectivity index (χ2n) is 8.19. The molecule has 0 spiro atoms. The van der Waals surface area contributed by atoms with Gasteiger partial charge in [0.05, 0.1) is 12.2 Å². The van der Waals surface area contributed by atoms with E-state index >= 15 is 0 Å². The van der Waals surface area contributed by atoms with E-state index in [1.807, 2.05) is 7.05 Å². The molecule has 3 heterocycles. The van der Waals surface area contributed by atoms with Crippen molar-refractivity contribution in [1.29, 1.82) is 0 Å². The summed E-state index contributed by atoms with van der Waals surface area (Å²) in [5.74, 6) is 1.85.